The molecule has 0 spiro atoms. The van der Waals surface area contributed by atoms with E-state index in [-0.39, 0.29) is 12.4 Å². The molecule has 0 saturated heterocycles. The first-order chi connectivity index (χ1) is 10.3. The van der Waals surface area contributed by atoms with Crippen LogP contribution in [0.1, 0.15) is 11.5 Å². The Morgan fingerprint density at radius 1 is 1.27 bits per heavy atom. The molecule has 0 aliphatic carbocycles. The topological polar surface area (TPSA) is 48.0 Å². The molecule has 0 saturated carbocycles. The summed E-state index contributed by atoms with van der Waals surface area (Å²) in [6, 6.07) is 7.47. The third kappa shape index (κ3) is 2.71. The molecule has 3 aromatic rings. The maximum Gasteiger partial charge on any atom is 0.417 e. The monoisotopic (exact) mass is 328 g/mol. The first kappa shape index (κ1) is 14.6. The van der Waals surface area contributed by atoms with Crippen molar-refractivity contribution in [3.05, 3.63) is 63.4 Å². The zero-order valence-corrected chi connectivity index (χ0v) is 11.6. The van der Waals surface area contributed by atoms with Crippen LogP contribution in [0.5, 0.6) is 0 Å². The van der Waals surface area contributed by atoms with E-state index in [1.807, 2.05) is 0 Å². The van der Waals surface area contributed by atoms with E-state index in [1.165, 1.54) is 0 Å². The molecular formula is C14H8ClF3N2O2. The molecule has 3 rings (SSSR count). The van der Waals surface area contributed by atoms with Gasteiger partial charge in [-0.2, -0.15) is 13.2 Å². The molecule has 2 heterocycles. The fourth-order valence-corrected chi connectivity index (χ4v) is 2.23. The summed E-state index contributed by atoms with van der Waals surface area (Å²) in [5, 5.41) is -0.508. The molecule has 2 aromatic heterocycles. The highest BCUT2D eigenvalue weighted by atomic mass is 35.5. The summed E-state index contributed by atoms with van der Waals surface area (Å²) in [5.41, 5.74) is -0.697. The van der Waals surface area contributed by atoms with Crippen molar-refractivity contribution in [2.75, 3.05) is 0 Å². The number of halogens is 4. The lowest BCUT2D eigenvalue weighted by molar-refractivity contribution is -0.138. The lowest BCUT2D eigenvalue weighted by Gasteiger charge is -2.10. The number of pyridine rings is 1. The highest BCUT2D eigenvalue weighted by Gasteiger charge is 2.32. The predicted molar refractivity (Wildman–Crippen MR) is 73.8 cm³/mol. The third-order valence-corrected chi connectivity index (χ3v) is 3.28. The van der Waals surface area contributed by atoms with Crippen LogP contribution in [0.25, 0.3) is 11.1 Å². The van der Waals surface area contributed by atoms with Gasteiger partial charge >= 0.3 is 6.18 Å². The molecule has 1 aromatic carbocycles. The van der Waals surface area contributed by atoms with Crippen LogP contribution in [0, 0.1) is 0 Å². The Kier molecular flexibility index (Phi) is 3.44. The van der Waals surface area contributed by atoms with Gasteiger partial charge in [-0.3, -0.25) is 4.79 Å². The van der Waals surface area contributed by atoms with Gasteiger partial charge in [0.2, 0.25) is 5.89 Å². The summed E-state index contributed by atoms with van der Waals surface area (Å²) in [6.45, 7) is -0.239. The highest BCUT2D eigenvalue weighted by molar-refractivity contribution is 6.30. The van der Waals surface area contributed by atoms with Gasteiger partial charge in [0.25, 0.3) is 5.56 Å². The number of nitrogens with zero attached hydrogens (tertiary/aromatic N) is 2. The summed E-state index contributed by atoms with van der Waals surface area (Å²) in [7, 11) is 0. The van der Waals surface area contributed by atoms with Crippen LogP contribution < -0.4 is 5.56 Å². The molecule has 0 amide bonds. The fourth-order valence-electron chi connectivity index (χ4n) is 2.00. The maximum atomic E-state index is 12.8. The number of hydrogen-bond donors (Lipinski definition) is 0. The minimum Gasteiger partial charge on any atom is -0.439 e. The average molecular weight is 329 g/mol. The number of rotatable bonds is 2. The van der Waals surface area contributed by atoms with Gasteiger partial charge in [-0.15, -0.1) is 0 Å². The van der Waals surface area contributed by atoms with Gasteiger partial charge in [0.1, 0.15) is 17.1 Å². The van der Waals surface area contributed by atoms with E-state index in [0.29, 0.717) is 23.4 Å². The Labute approximate surface area is 126 Å². The highest BCUT2D eigenvalue weighted by Crippen LogP contribution is 2.29. The van der Waals surface area contributed by atoms with E-state index in [9.17, 15) is 18.0 Å². The van der Waals surface area contributed by atoms with Gasteiger partial charge in [-0.05, 0) is 18.2 Å². The van der Waals surface area contributed by atoms with E-state index in [0.717, 1.165) is 4.57 Å². The Morgan fingerprint density at radius 3 is 2.68 bits per heavy atom. The lowest BCUT2D eigenvalue weighted by Crippen LogP contribution is -2.23. The van der Waals surface area contributed by atoms with Crippen molar-refractivity contribution in [3.63, 3.8) is 0 Å². The Bertz CT molecular complexity index is 866. The van der Waals surface area contributed by atoms with E-state index < -0.39 is 22.3 Å². The number of alkyl halides is 3. The number of benzene rings is 1. The summed E-state index contributed by atoms with van der Waals surface area (Å²) in [5.74, 6) is 0.124. The normalized spacial score (nSPS) is 12.0. The molecule has 8 heteroatoms. The van der Waals surface area contributed by atoms with Crippen molar-refractivity contribution < 1.29 is 17.6 Å². The van der Waals surface area contributed by atoms with Crippen molar-refractivity contribution in [2.45, 2.75) is 12.7 Å². The van der Waals surface area contributed by atoms with Crippen molar-refractivity contribution in [3.8, 4) is 0 Å². The van der Waals surface area contributed by atoms with Gasteiger partial charge in [-0.25, -0.2) is 4.98 Å². The average Bonchev–Trinajstić information content (AvgIpc) is 2.84. The maximum absolute atomic E-state index is 12.8. The van der Waals surface area contributed by atoms with Gasteiger partial charge in [0.15, 0.2) is 5.58 Å². The van der Waals surface area contributed by atoms with Crippen LogP contribution in [-0.4, -0.2) is 9.55 Å². The SMILES string of the molecule is O=c1c(Cl)cc(C(F)(F)F)cn1Cc1nc2ccccc2o1. The second-order valence-corrected chi connectivity index (χ2v) is 4.99. The van der Waals surface area contributed by atoms with Crippen molar-refractivity contribution >= 4 is 22.7 Å². The molecule has 4 nitrogen and oxygen atoms in total. The summed E-state index contributed by atoms with van der Waals surface area (Å²) < 4.78 is 44.5. The van der Waals surface area contributed by atoms with E-state index in [4.69, 9.17) is 16.0 Å². The zero-order chi connectivity index (χ0) is 15.9. The van der Waals surface area contributed by atoms with Crippen LogP contribution in [0.15, 0.2) is 45.7 Å². The third-order valence-electron chi connectivity index (χ3n) is 3.01. The number of fused-ring (bicyclic) bond motifs is 1. The molecule has 22 heavy (non-hydrogen) atoms. The number of para-hydroxylation sites is 2. The quantitative estimate of drug-likeness (QED) is 0.720. The smallest absolute Gasteiger partial charge is 0.417 e. The first-order valence-electron chi connectivity index (χ1n) is 6.16. The lowest BCUT2D eigenvalue weighted by atomic mass is 10.2. The number of aromatic nitrogens is 2. The van der Waals surface area contributed by atoms with E-state index in [2.05, 4.69) is 4.98 Å². The molecule has 0 radical (unpaired) electrons. The molecule has 114 valence electrons. The molecule has 0 bridgehead atoms. The van der Waals surface area contributed by atoms with Gasteiger partial charge in [0.05, 0.1) is 5.56 Å². The first-order valence-corrected chi connectivity index (χ1v) is 6.54. The summed E-state index contributed by atoms with van der Waals surface area (Å²) in [4.78, 5) is 16.0. The van der Waals surface area contributed by atoms with E-state index in [1.54, 1.807) is 24.3 Å². The standard InChI is InChI=1S/C14H8ClF3N2O2/c15-9-5-8(14(16,17)18)6-20(13(9)21)7-12-19-10-3-1-2-4-11(10)22-12/h1-6H,7H2. The summed E-state index contributed by atoms with van der Waals surface area (Å²) >= 11 is 5.59. The van der Waals surface area contributed by atoms with Crippen LogP contribution in [0.2, 0.25) is 5.02 Å². The minimum atomic E-state index is -4.60. The second kappa shape index (κ2) is 5.17. The molecule has 0 fully saturated rings. The molecule has 0 aliphatic rings. The predicted octanol–water partition coefficient (Wildman–Crippen LogP) is 3.71. The molecule has 0 N–H and O–H groups in total. The number of hydrogen-bond acceptors (Lipinski definition) is 3. The van der Waals surface area contributed by atoms with Gasteiger partial charge < -0.3 is 8.98 Å². The summed E-state index contributed by atoms with van der Waals surface area (Å²) in [6.07, 6.45) is -3.90. The zero-order valence-electron chi connectivity index (χ0n) is 10.9. The fraction of sp³-hybridized carbons (Fsp3) is 0.143. The van der Waals surface area contributed by atoms with Crippen molar-refractivity contribution in [1.82, 2.24) is 9.55 Å². The number of oxazole rings is 1. The minimum absolute atomic E-state index is 0.124. The Balaban J connectivity index is 2.04. The van der Waals surface area contributed by atoms with Crippen LogP contribution in [0.4, 0.5) is 13.2 Å². The van der Waals surface area contributed by atoms with Gasteiger partial charge in [0, 0.05) is 6.20 Å². The molecule has 0 atom stereocenters. The molecule has 0 unspecified atom stereocenters. The van der Waals surface area contributed by atoms with Gasteiger partial charge in [-0.1, -0.05) is 23.7 Å². The second-order valence-electron chi connectivity index (χ2n) is 4.58. The van der Waals surface area contributed by atoms with Crippen LogP contribution in [-0.2, 0) is 12.7 Å². The largest absolute Gasteiger partial charge is 0.439 e. The van der Waals surface area contributed by atoms with Crippen LogP contribution in [0.3, 0.4) is 0 Å². The van der Waals surface area contributed by atoms with Crippen molar-refractivity contribution in [1.29, 1.82) is 0 Å². The Hall–Kier alpha value is -2.28. The van der Waals surface area contributed by atoms with Crippen LogP contribution >= 0.6 is 11.6 Å². The van der Waals surface area contributed by atoms with E-state index >= 15 is 0 Å². The Morgan fingerprint density at radius 2 is 2.00 bits per heavy atom. The molecule has 0 aliphatic heterocycles. The van der Waals surface area contributed by atoms with Crippen molar-refractivity contribution in [2.24, 2.45) is 0 Å². The molecular weight excluding hydrogens is 321 g/mol.